The third-order valence-corrected chi connectivity index (χ3v) is 5.75. The highest BCUT2D eigenvalue weighted by Crippen LogP contribution is 2.27. The molecule has 0 bridgehead atoms. The van der Waals surface area contributed by atoms with Crippen LogP contribution in [0.15, 0.2) is 42.6 Å². The minimum Gasteiger partial charge on any atom is -0.356 e. The Hall–Kier alpha value is -2.45. The molecule has 0 amide bonds. The Bertz CT molecular complexity index is 1070. The molecule has 1 N–H and O–H groups in total. The summed E-state index contributed by atoms with van der Waals surface area (Å²) in [5, 5.41) is 0. The first-order valence-corrected chi connectivity index (χ1v) is 10.9. The number of para-hydroxylation sites is 2. The Morgan fingerprint density at radius 2 is 1.89 bits per heavy atom. The zero-order valence-electron chi connectivity index (χ0n) is 15.5. The molecular weight excluding hydrogens is 362 g/mol. The van der Waals surface area contributed by atoms with Crippen LogP contribution in [0.1, 0.15) is 12.8 Å². The van der Waals surface area contributed by atoms with Crippen molar-refractivity contribution < 1.29 is 8.42 Å². The number of hydrogen-bond donors (Lipinski definition) is 1. The molecule has 4 rings (SSSR count). The van der Waals surface area contributed by atoms with Crippen molar-refractivity contribution in [3.63, 3.8) is 0 Å². The van der Waals surface area contributed by atoms with Gasteiger partial charge in [-0.15, -0.1) is 0 Å². The molecule has 0 radical (unpaired) electrons. The Balaban J connectivity index is 1.56. The smallest absolute Gasteiger partial charge is 0.208 e. The summed E-state index contributed by atoms with van der Waals surface area (Å²) in [7, 11) is -1.14. The predicted molar refractivity (Wildman–Crippen MR) is 107 cm³/mol. The van der Waals surface area contributed by atoms with E-state index in [9.17, 15) is 8.42 Å². The van der Waals surface area contributed by atoms with Crippen LogP contribution in [0.5, 0.6) is 0 Å². The first-order valence-electron chi connectivity index (χ1n) is 9.01. The summed E-state index contributed by atoms with van der Waals surface area (Å²) >= 11 is 0. The zero-order chi connectivity index (χ0) is 19.0. The quantitative estimate of drug-likeness (QED) is 0.744. The van der Waals surface area contributed by atoms with Crippen molar-refractivity contribution in [2.24, 2.45) is 7.05 Å². The molecule has 7 nitrogen and oxygen atoms in total. The van der Waals surface area contributed by atoms with Crippen molar-refractivity contribution in [2.75, 3.05) is 24.2 Å². The number of rotatable bonds is 4. The maximum atomic E-state index is 11.4. The molecule has 1 aliphatic rings. The van der Waals surface area contributed by atoms with Crippen LogP contribution >= 0.6 is 0 Å². The molecule has 142 valence electrons. The van der Waals surface area contributed by atoms with E-state index in [1.165, 1.54) is 6.26 Å². The first-order chi connectivity index (χ1) is 12.9. The van der Waals surface area contributed by atoms with E-state index in [-0.39, 0.29) is 6.04 Å². The second-order valence-corrected chi connectivity index (χ2v) is 8.82. The van der Waals surface area contributed by atoms with E-state index in [4.69, 9.17) is 4.98 Å². The van der Waals surface area contributed by atoms with Crippen LogP contribution in [0, 0.1) is 0 Å². The van der Waals surface area contributed by atoms with Crippen molar-refractivity contribution in [3.8, 4) is 11.4 Å². The number of pyridine rings is 1. The number of fused-ring (bicyclic) bond motifs is 1. The normalized spacial score (nSPS) is 16.1. The summed E-state index contributed by atoms with van der Waals surface area (Å²) in [5.74, 6) is 1.81. The van der Waals surface area contributed by atoms with Crippen molar-refractivity contribution >= 4 is 26.9 Å². The molecule has 1 saturated heterocycles. The van der Waals surface area contributed by atoms with Crippen molar-refractivity contribution in [2.45, 2.75) is 18.9 Å². The lowest BCUT2D eigenvalue weighted by Crippen LogP contribution is -2.44. The van der Waals surface area contributed by atoms with Gasteiger partial charge in [-0.05, 0) is 37.1 Å². The molecule has 3 heterocycles. The fraction of sp³-hybridized carbons (Fsp3) is 0.368. The minimum atomic E-state index is -3.16. The van der Waals surface area contributed by atoms with Crippen LogP contribution in [-0.4, -0.2) is 48.3 Å². The van der Waals surface area contributed by atoms with Gasteiger partial charge in [0, 0.05) is 37.9 Å². The Morgan fingerprint density at radius 3 is 2.59 bits per heavy atom. The minimum absolute atomic E-state index is 0.000674. The van der Waals surface area contributed by atoms with Crippen molar-refractivity contribution in [1.29, 1.82) is 0 Å². The Kier molecular flexibility index (Phi) is 4.61. The molecule has 0 spiro atoms. The number of sulfonamides is 1. The highest BCUT2D eigenvalue weighted by Gasteiger charge is 2.23. The highest BCUT2D eigenvalue weighted by molar-refractivity contribution is 7.88. The van der Waals surface area contributed by atoms with E-state index in [0.717, 1.165) is 54.2 Å². The summed E-state index contributed by atoms with van der Waals surface area (Å²) in [6.45, 7) is 1.54. The summed E-state index contributed by atoms with van der Waals surface area (Å²) in [4.78, 5) is 11.5. The summed E-state index contributed by atoms with van der Waals surface area (Å²) in [6, 6.07) is 12.1. The number of piperidine rings is 1. The van der Waals surface area contributed by atoms with E-state index >= 15 is 0 Å². The number of anilines is 1. The van der Waals surface area contributed by atoms with E-state index in [0.29, 0.717) is 0 Å². The van der Waals surface area contributed by atoms with Crippen molar-refractivity contribution in [1.82, 2.24) is 19.3 Å². The van der Waals surface area contributed by atoms with Gasteiger partial charge in [-0.25, -0.2) is 23.1 Å². The molecule has 0 saturated carbocycles. The van der Waals surface area contributed by atoms with Gasteiger partial charge in [0.25, 0.3) is 0 Å². The predicted octanol–water partition coefficient (Wildman–Crippen LogP) is 2.15. The number of aryl methyl sites for hydroxylation is 1. The number of nitrogens with zero attached hydrogens (tertiary/aromatic N) is 4. The summed E-state index contributed by atoms with van der Waals surface area (Å²) in [6.07, 6.45) is 4.56. The molecule has 1 aromatic carbocycles. The van der Waals surface area contributed by atoms with Gasteiger partial charge in [-0.3, -0.25) is 0 Å². The SMILES string of the molecule is Cn1c(-c2ccnc(N3CCC(NS(C)(=O)=O)CC3)c2)nc2ccccc21. The van der Waals surface area contributed by atoms with Gasteiger partial charge in [0.15, 0.2) is 0 Å². The van der Waals surface area contributed by atoms with Gasteiger partial charge in [-0.2, -0.15) is 0 Å². The monoisotopic (exact) mass is 385 g/mol. The van der Waals surface area contributed by atoms with Gasteiger partial charge in [0.1, 0.15) is 11.6 Å². The standard InChI is InChI=1S/C19H23N5O2S/c1-23-17-6-4-3-5-16(17)21-19(23)14-7-10-20-18(13-14)24-11-8-15(9-12-24)22-27(2,25)26/h3-7,10,13,15,22H,8-9,11-12H2,1-2H3. The second kappa shape index (κ2) is 6.94. The van der Waals surface area contributed by atoms with Crippen LogP contribution in [0.3, 0.4) is 0 Å². The lowest BCUT2D eigenvalue weighted by Gasteiger charge is -2.32. The number of hydrogen-bond acceptors (Lipinski definition) is 5. The fourth-order valence-electron chi connectivity index (χ4n) is 3.66. The number of imidazole rings is 1. The maximum absolute atomic E-state index is 11.4. The lowest BCUT2D eigenvalue weighted by atomic mass is 10.1. The van der Waals surface area contributed by atoms with Crippen LogP contribution < -0.4 is 9.62 Å². The molecule has 3 aromatic rings. The second-order valence-electron chi connectivity index (χ2n) is 7.04. The third-order valence-electron chi connectivity index (χ3n) is 4.99. The average molecular weight is 385 g/mol. The number of benzene rings is 1. The van der Waals surface area contributed by atoms with Gasteiger partial charge in [0.05, 0.1) is 17.3 Å². The third kappa shape index (κ3) is 3.81. The van der Waals surface area contributed by atoms with Crippen molar-refractivity contribution in [3.05, 3.63) is 42.6 Å². The molecule has 0 atom stereocenters. The molecule has 2 aromatic heterocycles. The van der Waals surface area contributed by atoms with E-state index in [1.54, 1.807) is 0 Å². The van der Waals surface area contributed by atoms with Gasteiger partial charge in [-0.1, -0.05) is 12.1 Å². The summed E-state index contributed by atoms with van der Waals surface area (Å²) in [5.41, 5.74) is 3.09. The van der Waals surface area contributed by atoms with E-state index in [1.807, 2.05) is 37.5 Å². The maximum Gasteiger partial charge on any atom is 0.208 e. The van der Waals surface area contributed by atoms with Gasteiger partial charge in [0.2, 0.25) is 10.0 Å². The van der Waals surface area contributed by atoms with Gasteiger partial charge < -0.3 is 9.47 Å². The molecule has 0 unspecified atom stereocenters. The average Bonchev–Trinajstić information content (AvgIpc) is 2.98. The Labute approximate surface area is 159 Å². The van der Waals surface area contributed by atoms with E-state index < -0.39 is 10.0 Å². The number of aromatic nitrogens is 3. The zero-order valence-corrected chi connectivity index (χ0v) is 16.3. The first kappa shape index (κ1) is 17.9. The number of nitrogens with one attached hydrogen (secondary N) is 1. The van der Waals surface area contributed by atoms with Crippen LogP contribution in [0.25, 0.3) is 22.4 Å². The van der Waals surface area contributed by atoms with Crippen LogP contribution in [0.4, 0.5) is 5.82 Å². The van der Waals surface area contributed by atoms with Crippen LogP contribution in [0.2, 0.25) is 0 Å². The summed E-state index contributed by atoms with van der Waals surface area (Å²) < 4.78 is 27.6. The molecule has 1 fully saturated rings. The van der Waals surface area contributed by atoms with E-state index in [2.05, 4.69) is 31.3 Å². The molecule has 27 heavy (non-hydrogen) atoms. The van der Waals surface area contributed by atoms with Crippen LogP contribution in [-0.2, 0) is 17.1 Å². The molecule has 8 heteroatoms. The van der Waals surface area contributed by atoms with Gasteiger partial charge >= 0.3 is 0 Å². The Morgan fingerprint density at radius 1 is 1.15 bits per heavy atom. The topological polar surface area (TPSA) is 80.1 Å². The highest BCUT2D eigenvalue weighted by atomic mass is 32.2. The largest absolute Gasteiger partial charge is 0.356 e. The lowest BCUT2D eigenvalue weighted by molar-refractivity contribution is 0.460. The molecular formula is C19H23N5O2S. The fourth-order valence-corrected chi connectivity index (χ4v) is 4.50. The molecule has 0 aliphatic carbocycles. The molecule has 1 aliphatic heterocycles.